The van der Waals surface area contributed by atoms with Gasteiger partial charge in [0.05, 0.1) is 18.4 Å². The Morgan fingerprint density at radius 3 is 2.57 bits per heavy atom. The van der Waals surface area contributed by atoms with Crippen LogP contribution in [0.25, 0.3) is 22.9 Å². The van der Waals surface area contributed by atoms with Crippen LogP contribution in [0.15, 0.2) is 72.1 Å². The number of hydrogen-bond donors (Lipinski definition) is 0. The van der Waals surface area contributed by atoms with E-state index in [-0.39, 0.29) is 12.4 Å². The minimum Gasteiger partial charge on any atom is -0.493 e. The predicted octanol–water partition coefficient (Wildman–Crippen LogP) is 6.76. The Morgan fingerprint density at radius 1 is 1.06 bits per heavy atom. The third-order valence-electron chi connectivity index (χ3n) is 5.47. The van der Waals surface area contributed by atoms with Gasteiger partial charge < -0.3 is 9.47 Å². The van der Waals surface area contributed by atoms with Gasteiger partial charge in [0.15, 0.2) is 23.9 Å². The molecule has 0 saturated heterocycles. The van der Waals surface area contributed by atoms with Crippen molar-refractivity contribution in [1.82, 2.24) is 4.98 Å². The summed E-state index contributed by atoms with van der Waals surface area (Å²) < 4.78 is 11.2. The van der Waals surface area contributed by atoms with Crippen molar-refractivity contribution in [2.75, 3.05) is 13.7 Å². The molecule has 1 aromatic heterocycles. The molecule has 0 fully saturated rings. The number of Topliss-reactive ketones (excluding diaryl/α,β-unsaturated/α-hetero) is 1. The fourth-order valence-corrected chi connectivity index (χ4v) is 4.46. The maximum atomic E-state index is 12.4. The smallest absolute Gasteiger partial charge is 0.200 e. The van der Waals surface area contributed by atoms with Crippen LogP contribution in [0.3, 0.4) is 0 Å². The summed E-state index contributed by atoms with van der Waals surface area (Å²) in [6.07, 6.45) is 1.77. The van der Waals surface area contributed by atoms with Crippen LogP contribution in [0.1, 0.15) is 32.1 Å². The maximum Gasteiger partial charge on any atom is 0.200 e. The molecule has 0 spiro atoms. The van der Waals surface area contributed by atoms with Crippen molar-refractivity contribution >= 4 is 28.8 Å². The first kappa shape index (κ1) is 23.9. The lowest BCUT2D eigenvalue weighted by Gasteiger charge is -2.11. The van der Waals surface area contributed by atoms with E-state index >= 15 is 0 Å². The molecule has 1 heterocycles. The Morgan fingerprint density at radius 2 is 1.86 bits per heavy atom. The first-order valence-electron chi connectivity index (χ1n) is 11.0. The SMILES string of the molecule is COc1cc(C=C(C#N)c2nc(-c3ccc(C)cc3C)cs2)ccc1OCC(=O)c1ccccc1. The third kappa shape index (κ3) is 5.65. The van der Waals surface area contributed by atoms with Crippen molar-refractivity contribution in [3.05, 3.63) is 99.4 Å². The fourth-order valence-electron chi connectivity index (χ4n) is 3.67. The highest BCUT2D eigenvalue weighted by atomic mass is 32.1. The maximum absolute atomic E-state index is 12.4. The fraction of sp³-hybridized carbons (Fsp3) is 0.138. The molecule has 35 heavy (non-hydrogen) atoms. The monoisotopic (exact) mass is 480 g/mol. The summed E-state index contributed by atoms with van der Waals surface area (Å²) in [6, 6.07) is 22.8. The highest BCUT2D eigenvalue weighted by Crippen LogP contribution is 2.32. The lowest BCUT2D eigenvalue weighted by atomic mass is 10.0. The average Bonchev–Trinajstić information content (AvgIpc) is 3.36. The van der Waals surface area contributed by atoms with Crippen LogP contribution in [-0.2, 0) is 0 Å². The van der Waals surface area contributed by atoms with Gasteiger partial charge in [0.1, 0.15) is 11.1 Å². The van der Waals surface area contributed by atoms with Gasteiger partial charge in [-0.1, -0.05) is 60.2 Å². The van der Waals surface area contributed by atoms with Gasteiger partial charge in [0.25, 0.3) is 0 Å². The zero-order valence-corrected chi connectivity index (χ0v) is 20.6. The number of nitriles is 1. The molecule has 0 saturated carbocycles. The van der Waals surface area contributed by atoms with E-state index in [4.69, 9.17) is 14.5 Å². The van der Waals surface area contributed by atoms with Crippen LogP contribution >= 0.6 is 11.3 Å². The van der Waals surface area contributed by atoms with E-state index in [2.05, 4.69) is 38.1 Å². The predicted molar refractivity (Wildman–Crippen MR) is 140 cm³/mol. The van der Waals surface area contributed by atoms with Gasteiger partial charge >= 0.3 is 0 Å². The number of hydrogen-bond acceptors (Lipinski definition) is 6. The normalized spacial score (nSPS) is 11.1. The summed E-state index contributed by atoms with van der Waals surface area (Å²) in [5, 5.41) is 12.4. The van der Waals surface area contributed by atoms with E-state index in [1.54, 1.807) is 30.3 Å². The van der Waals surface area contributed by atoms with Crippen molar-refractivity contribution < 1.29 is 14.3 Å². The van der Waals surface area contributed by atoms with Gasteiger partial charge in [0, 0.05) is 16.5 Å². The van der Waals surface area contributed by atoms with Gasteiger partial charge in [-0.3, -0.25) is 4.79 Å². The van der Waals surface area contributed by atoms with E-state index in [1.165, 1.54) is 24.0 Å². The lowest BCUT2D eigenvalue weighted by Crippen LogP contribution is -2.11. The minimum atomic E-state index is -0.119. The number of methoxy groups -OCH3 is 1. The molecular formula is C29H24N2O3S. The van der Waals surface area contributed by atoms with E-state index in [9.17, 15) is 10.1 Å². The number of carbonyl (C=O) groups is 1. The Balaban J connectivity index is 1.54. The largest absolute Gasteiger partial charge is 0.493 e. The Kier molecular flexibility index (Phi) is 7.39. The minimum absolute atomic E-state index is 0.0979. The molecule has 0 aliphatic carbocycles. The number of nitrogens with zero attached hydrogens (tertiary/aromatic N) is 2. The summed E-state index contributed by atoms with van der Waals surface area (Å²) in [6.45, 7) is 4.02. The molecule has 4 aromatic rings. The van der Waals surface area contributed by atoms with Crippen LogP contribution in [0.2, 0.25) is 0 Å². The molecule has 6 heteroatoms. The highest BCUT2D eigenvalue weighted by molar-refractivity contribution is 7.11. The number of benzene rings is 3. The van der Waals surface area contributed by atoms with Gasteiger partial charge in [-0.15, -0.1) is 11.3 Å². The van der Waals surface area contributed by atoms with Gasteiger partial charge in [-0.25, -0.2) is 4.98 Å². The van der Waals surface area contributed by atoms with E-state index in [0.29, 0.717) is 27.6 Å². The van der Waals surface area contributed by atoms with Gasteiger partial charge in [-0.2, -0.15) is 5.26 Å². The first-order chi connectivity index (χ1) is 17.0. The van der Waals surface area contributed by atoms with E-state index < -0.39 is 0 Å². The zero-order valence-electron chi connectivity index (χ0n) is 19.7. The third-order valence-corrected chi connectivity index (χ3v) is 6.34. The lowest BCUT2D eigenvalue weighted by molar-refractivity contribution is 0.0919. The average molecular weight is 481 g/mol. The number of aryl methyl sites for hydroxylation is 2. The molecule has 0 bridgehead atoms. The molecule has 4 rings (SSSR count). The molecule has 3 aromatic carbocycles. The first-order valence-corrected chi connectivity index (χ1v) is 11.9. The summed E-state index contributed by atoms with van der Waals surface area (Å²) in [4.78, 5) is 17.1. The molecule has 0 amide bonds. The summed E-state index contributed by atoms with van der Waals surface area (Å²) in [5.74, 6) is 0.817. The molecule has 0 unspecified atom stereocenters. The Labute approximate surface area is 208 Å². The van der Waals surface area contributed by atoms with E-state index in [1.807, 2.05) is 29.6 Å². The number of carbonyl (C=O) groups excluding carboxylic acids is 1. The number of aromatic nitrogens is 1. The second-order valence-corrected chi connectivity index (χ2v) is 8.87. The molecule has 5 nitrogen and oxygen atoms in total. The number of rotatable bonds is 8. The molecule has 0 aliphatic heterocycles. The van der Waals surface area contributed by atoms with Crippen molar-refractivity contribution in [3.63, 3.8) is 0 Å². The quantitative estimate of drug-likeness (QED) is 0.206. The standard InChI is InChI=1S/C29H24N2O3S/c1-19-9-11-24(20(2)13-19)25-18-35-29(31-25)23(16-30)14-21-10-12-27(28(15-21)33-3)34-17-26(32)22-7-5-4-6-8-22/h4-15,18H,17H2,1-3H3. The summed E-state index contributed by atoms with van der Waals surface area (Å²) in [7, 11) is 1.54. The van der Waals surface area contributed by atoms with E-state index in [0.717, 1.165) is 22.4 Å². The second kappa shape index (κ2) is 10.8. The summed E-state index contributed by atoms with van der Waals surface area (Å²) >= 11 is 1.44. The molecule has 0 N–H and O–H groups in total. The molecule has 0 aliphatic rings. The molecular weight excluding hydrogens is 456 g/mol. The van der Waals surface area contributed by atoms with Crippen LogP contribution in [0.4, 0.5) is 0 Å². The highest BCUT2D eigenvalue weighted by Gasteiger charge is 2.13. The topological polar surface area (TPSA) is 72.2 Å². The number of allylic oxidation sites excluding steroid dienone is 1. The van der Waals surface area contributed by atoms with Gasteiger partial charge in [0.2, 0.25) is 0 Å². The molecule has 174 valence electrons. The second-order valence-electron chi connectivity index (χ2n) is 8.01. The number of thiazole rings is 1. The number of ether oxygens (including phenoxy) is 2. The zero-order chi connectivity index (χ0) is 24.8. The number of ketones is 1. The van der Waals surface area contributed by atoms with Crippen LogP contribution in [-0.4, -0.2) is 24.5 Å². The van der Waals surface area contributed by atoms with Gasteiger partial charge in [-0.05, 0) is 43.2 Å². The Bertz CT molecular complexity index is 1430. The van der Waals surface area contributed by atoms with Crippen LogP contribution in [0.5, 0.6) is 11.5 Å². The van der Waals surface area contributed by atoms with Crippen molar-refractivity contribution in [3.8, 4) is 28.8 Å². The van der Waals surface area contributed by atoms with Crippen molar-refractivity contribution in [2.45, 2.75) is 13.8 Å². The van der Waals surface area contributed by atoms with Crippen LogP contribution < -0.4 is 9.47 Å². The van der Waals surface area contributed by atoms with Crippen molar-refractivity contribution in [2.24, 2.45) is 0 Å². The van der Waals surface area contributed by atoms with Crippen LogP contribution in [0, 0.1) is 25.2 Å². The Hall–Kier alpha value is -4.21. The van der Waals surface area contributed by atoms with Crippen molar-refractivity contribution in [1.29, 1.82) is 5.26 Å². The molecule has 0 radical (unpaired) electrons. The molecule has 0 atom stereocenters. The summed E-state index contributed by atoms with van der Waals surface area (Å²) in [5.41, 5.74) is 6.08.